The van der Waals surface area contributed by atoms with Gasteiger partial charge in [-0.3, -0.25) is 10.3 Å². The lowest BCUT2D eigenvalue weighted by Crippen LogP contribution is -2.45. The highest BCUT2D eigenvalue weighted by molar-refractivity contribution is 8.24. The number of hydroxylamine groups is 1. The summed E-state index contributed by atoms with van der Waals surface area (Å²) in [5.74, 6) is 0. The summed E-state index contributed by atoms with van der Waals surface area (Å²) in [6.07, 6.45) is 5.45. The lowest BCUT2D eigenvalue weighted by Gasteiger charge is -2.30. The minimum Gasteiger partial charge on any atom is -0.329 e. The number of unbranched alkanes of at least 4 members (excludes halogenated alkanes) is 1. The minimum absolute atomic E-state index is 0.0867. The van der Waals surface area contributed by atoms with E-state index >= 15 is 0 Å². The number of benzene rings is 1. The van der Waals surface area contributed by atoms with Crippen LogP contribution in [-0.2, 0) is 14.9 Å². The van der Waals surface area contributed by atoms with Crippen molar-refractivity contribution in [1.82, 2.24) is 10.4 Å². The van der Waals surface area contributed by atoms with E-state index in [0.717, 1.165) is 29.3 Å². The van der Waals surface area contributed by atoms with Crippen LogP contribution in [0.15, 0.2) is 35.4 Å². The molecule has 1 aliphatic heterocycles. The molecule has 0 amide bonds. The molecule has 0 aromatic heterocycles. The average molecular weight is 416 g/mol. The lowest BCUT2D eigenvalue weighted by atomic mass is 10.1. The van der Waals surface area contributed by atoms with Gasteiger partial charge in [-0.2, -0.15) is 0 Å². The fourth-order valence-electron chi connectivity index (χ4n) is 2.55. The van der Waals surface area contributed by atoms with Gasteiger partial charge >= 0.3 is 0 Å². The second kappa shape index (κ2) is 8.71. The molecule has 1 heterocycles. The molecule has 9 heteroatoms. The summed E-state index contributed by atoms with van der Waals surface area (Å²) in [6, 6.07) is 6.29. The van der Waals surface area contributed by atoms with Crippen molar-refractivity contribution in [3.63, 3.8) is 0 Å². The SMILES string of the molecule is CCCCN1C(=S)SC(C)(C)C1ONC=Cc1ccc(S(N)(=O)=O)cc1. The Morgan fingerprint density at radius 3 is 2.62 bits per heavy atom. The van der Waals surface area contributed by atoms with Crippen molar-refractivity contribution >= 4 is 44.4 Å². The molecular weight excluding hydrogens is 390 g/mol. The van der Waals surface area contributed by atoms with Crippen molar-refractivity contribution in [2.45, 2.75) is 49.5 Å². The van der Waals surface area contributed by atoms with Gasteiger partial charge in [0.1, 0.15) is 4.32 Å². The van der Waals surface area contributed by atoms with Gasteiger partial charge in [-0.15, -0.1) is 0 Å². The maximum Gasteiger partial charge on any atom is 0.238 e. The molecule has 1 unspecified atom stereocenters. The number of hydrogen-bond acceptors (Lipinski definition) is 6. The molecule has 1 fully saturated rings. The Kier molecular flexibility index (Phi) is 7.09. The molecule has 144 valence electrons. The van der Waals surface area contributed by atoms with E-state index in [1.54, 1.807) is 36.2 Å². The standard InChI is InChI=1S/C17H25N3O3S3/c1-4-5-12-20-15(17(2,3)25-16(20)24)23-19-11-10-13-6-8-14(9-7-13)26(18,21)22/h6-11,15,19H,4-5,12H2,1-3H3,(H2,18,21,22). The van der Waals surface area contributed by atoms with Crippen molar-refractivity contribution in [1.29, 1.82) is 0 Å². The van der Waals surface area contributed by atoms with Gasteiger partial charge in [0.05, 0.1) is 9.64 Å². The Morgan fingerprint density at radius 2 is 2.04 bits per heavy atom. The van der Waals surface area contributed by atoms with Crippen LogP contribution in [0.25, 0.3) is 6.08 Å². The van der Waals surface area contributed by atoms with Crippen LogP contribution in [0.4, 0.5) is 0 Å². The van der Waals surface area contributed by atoms with Crippen LogP contribution >= 0.6 is 24.0 Å². The highest BCUT2D eigenvalue weighted by atomic mass is 32.2. The van der Waals surface area contributed by atoms with Gasteiger partial charge in [0.25, 0.3) is 0 Å². The molecule has 1 aliphatic rings. The fourth-order valence-corrected chi connectivity index (χ4v) is 4.93. The van der Waals surface area contributed by atoms with Crippen LogP contribution in [0.3, 0.4) is 0 Å². The van der Waals surface area contributed by atoms with E-state index in [2.05, 4.69) is 31.2 Å². The van der Waals surface area contributed by atoms with E-state index in [0.29, 0.717) is 0 Å². The third kappa shape index (κ3) is 5.43. The third-order valence-electron chi connectivity index (χ3n) is 3.95. The van der Waals surface area contributed by atoms with Crippen LogP contribution in [-0.4, -0.2) is 35.2 Å². The Bertz CT molecular complexity index is 761. The van der Waals surface area contributed by atoms with Gasteiger partial charge < -0.3 is 4.90 Å². The highest BCUT2D eigenvalue weighted by Gasteiger charge is 2.45. The van der Waals surface area contributed by atoms with Crippen molar-refractivity contribution < 1.29 is 13.3 Å². The minimum atomic E-state index is -3.67. The summed E-state index contributed by atoms with van der Waals surface area (Å²) in [4.78, 5) is 8.07. The number of nitrogens with two attached hydrogens (primary N) is 1. The molecule has 0 aliphatic carbocycles. The molecule has 0 bridgehead atoms. The number of rotatable bonds is 8. The van der Waals surface area contributed by atoms with Crippen molar-refractivity contribution in [3.8, 4) is 0 Å². The predicted molar refractivity (Wildman–Crippen MR) is 111 cm³/mol. The third-order valence-corrected chi connectivity index (χ3v) is 6.50. The van der Waals surface area contributed by atoms with Gasteiger partial charge in [-0.25, -0.2) is 13.6 Å². The summed E-state index contributed by atoms with van der Waals surface area (Å²) in [7, 11) is -3.67. The first kappa shape index (κ1) is 21.2. The first-order valence-corrected chi connectivity index (χ1v) is 11.1. The predicted octanol–water partition coefficient (Wildman–Crippen LogP) is 3.06. The van der Waals surface area contributed by atoms with Gasteiger partial charge in [0.2, 0.25) is 10.0 Å². The summed E-state index contributed by atoms with van der Waals surface area (Å²) >= 11 is 7.13. The monoisotopic (exact) mass is 415 g/mol. The molecule has 0 saturated carbocycles. The number of primary sulfonamides is 1. The molecule has 6 nitrogen and oxygen atoms in total. The summed E-state index contributed by atoms with van der Waals surface area (Å²) in [5.41, 5.74) is 3.69. The van der Waals surface area contributed by atoms with Crippen LogP contribution in [0.5, 0.6) is 0 Å². The van der Waals surface area contributed by atoms with E-state index in [-0.39, 0.29) is 15.9 Å². The Balaban J connectivity index is 1.96. The molecule has 1 saturated heterocycles. The second-order valence-electron chi connectivity index (χ2n) is 6.55. The molecule has 0 radical (unpaired) electrons. The molecular formula is C17H25N3O3S3. The molecule has 1 aromatic rings. The Hall–Kier alpha value is -1.13. The van der Waals surface area contributed by atoms with Crippen molar-refractivity contribution in [2.75, 3.05) is 6.54 Å². The van der Waals surface area contributed by atoms with E-state index in [1.807, 2.05) is 0 Å². The van der Waals surface area contributed by atoms with Gasteiger partial charge in [-0.1, -0.05) is 49.5 Å². The molecule has 1 aromatic carbocycles. The number of thioether (sulfide) groups is 1. The maximum absolute atomic E-state index is 11.3. The summed E-state index contributed by atoms with van der Waals surface area (Å²) in [5, 5.41) is 5.09. The first-order chi connectivity index (χ1) is 12.1. The first-order valence-electron chi connectivity index (χ1n) is 8.35. The summed E-state index contributed by atoms with van der Waals surface area (Å²) in [6.45, 7) is 7.24. The Morgan fingerprint density at radius 1 is 1.38 bits per heavy atom. The smallest absolute Gasteiger partial charge is 0.238 e. The number of sulfonamides is 1. The van der Waals surface area contributed by atoms with E-state index in [1.165, 1.54) is 12.1 Å². The largest absolute Gasteiger partial charge is 0.329 e. The van der Waals surface area contributed by atoms with Crippen molar-refractivity contribution in [3.05, 3.63) is 36.0 Å². The molecule has 2 rings (SSSR count). The zero-order valence-electron chi connectivity index (χ0n) is 15.1. The van der Waals surface area contributed by atoms with E-state index in [4.69, 9.17) is 22.2 Å². The zero-order chi connectivity index (χ0) is 19.4. The van der Waals surface area contributed by atoms with Gasteiger partial charge in [0.15, 0.2) is 6.23 Å². The maximum atomic E-state index is 11.3. The normalized spacial score (nSPS) is 20.1. The topological polar surface area (TPSA) is 84.7 Å². The summed E-state index contributed by atoms with van der Waals surface area (Å²) < 4.78 is 23.2. The van der Waals surface area contributed by atoms with Crippen LogP contribution in [0, 0.1) is 0 Å². The number of thiocarbonyl (C=S) groups is 1. The fraction of sp³-hybridized carbons (Fsp3) is 0.471. The average Bonchev–Trinajstić information content (AvgIpc) is 2.77. The second-order valence-corrected chi connectivity index (χ2v) is 10.4. The highest BCUT2D eigenvalue weighted by Crippen LogP contribution is 2.41. The quantitative estimate of drug-likeness (QED) is 0.498. The number of nitrogens with zero attached hydrogens (tertiary/aromatic N) is 1. The zero-order valence-corrected chi connectivity index (χ0v) is 17.6. The molecule has 0 spiro atoms. The molecule has 1 atom stereocenters. The Labute approximate surface area is 165 Å². The van der Waals surface area contributed by atoms with Crippen LogP contribution < -0.4 is 10.6 Å². The van der Waals surface area contributed by atoms with E-state index in [9.17, 15) is 8.42 Å². The van der Waals surface area contributed by atoms with E-state index < -0.39 is 10.0 Å². The number of nitrogens with one attached hydrogen (secondary N) is 1. The van der Waals surface area contributed by atoms with Gasteiger partial charge in [0, 0.05) is 12.7 Å². The number of hydrogen-bond donors (Lipinski definition) is 2. The van der Waals surface area contributed by atoms with Gasteiger partial charge in [-0.05, 0) is 44.0 Å². The van der Waals surface area contributed by atoms with Crippen molar-refractivity contribution in [2.24, 2.45) is 5.14 Å². The molecule has 26 heavy (non-hydrogen) atoms. The lowest BCUT2D eigenvalue weighted by molar-refractivity contribution is -0.0775. The molecule has 3 N–H and O–H groups in total. The van der Waals surface area contributed by atoms with Crippen LogP contribution in [0.1, 0.15) is 39.2 Å². The van der Waals surface area contributed by atoms with Crippen LogP contribution in [0.2, 0.25) is 0 Å².